The van der Waals surface area contributed by atoms with Crippen molar-refractivity contribution in [2.24, 2.45) is 0 Å². The molecule has 0 fully saturated rings. The van der Waals surface area contributed by atoms with Crippen LogP contribution in [-0.2, 0) is 0 Å². The van der Waals surface area contributed by atoms with E-state index in [1.165, 1.54) is 12.1 Å². The molecule has 2 N–H and O–H groups in total. The lowest BCUT2D eigenvalue weighted by atomic mass is 9.99. The van der Waals surface area contributed by atoms with Crippen molar-refractivity contribution in [1.82, 2.24) is 5.32 Å². The summed E-state index contributed by atoms with van der Waals surface area (Å²) in [6.07, 6.45) is 0. The Morgan fingerprint density at radius 3 is 2.57 bits per heavy atom. The van der Waals surface area contributed by atoms with Crippen LogP contribution in [0.1, 0.15) is 27.7 Å². The summed E-state index contributed by atoms with van der Waals surface area (Å²) >= 11 is 3.34. The van der Waals surface area contributed by atoms with Crippen molar-refractivity contribution in [2.45, 2.75) is 6.04 Å². The van der Waals surface area contributed by atoms with E-state index in [4.69, 9.17) is 4.42 Å². The highest BCUT2D eigenvalue weighted by atomic mass is 79.9. The minimum atomic E-state index is -0.585. The summed E-state index contributed by atoms with van der Waals surface area (Å²) < 4.78 is 6.41. The maximum atomic E-state index is 12.8. The van der Waals surface area contributed by atoms with Gasteiger partial charge < -0.3 is 14.8 Å². The number of phenols is 1. The number of carbonyl (C=O) groups excluding carboxylic acids is 1. The minimum absolute atomic E-state index is 0.0443. The third kappa shape index (κ3) is 2.14. The fourth-order valence-corrected chi connectivity index (χ4v) is 3.16. The molecular formula is C17H10BrNO4. The Hall–Kier alpha value is -2.60. The molecule has 6 heteroatoms. The Kier molecular flexibility index (Phi) is 3.02. The highest BCUT2D eigenvalue weighted by Gasteiger charge is 2.35. The van der Waals surface area contributed by atoms with E-state index in [1.54, 1.807) is 30.3 Å². The maximum absolute atomic E-state index is 12.8. The van der Waals surface area contributed by atoms with Crippen molar-refractivity contribution in [3.05, 3.63) is 74.0 Å². The number of hydrogen-bond acceptors (Lipinski definition) is 4. The number of carbonyl (C=O) groups is 1. The standard InChI is InChI=1S/C17H10BrNO4/c18-9-3-6-12-11(7-9)15(21)13-14(19-17(22)16(13)23-12)8-1-4-10(20)5-2-8/h1-7,14,20H,(H,19,22)/t14-/m1/s1. The van der Waals surface area contributed by atoms with Gasteiger partial charge in [-0.2, -0.15) is 0 Å². The molecule has 0 aliphatic carbocycles. The molecule has 1 aliphatic heterocycles. The van der Waals surface area contributed by atoms with E-state index in [2.05, 4.69) is 21.2 Å². The molecule has 2 aromatic carbocycles. The molecule has 4 rings (SSSR count). The molecule has 1 atom stereocenters. The van der Waals surface area contributed by atoms with Gasteiger partial charge in [0.15, 0.2) is 5.43 Å². The molecule has 1 amide bonds. The van der Waals surface area contributed by atoms with Crippen LogP contribution in [0.15, 0.2) is 56.1 Å². The lowest BCUT2D eigenvalue weighted by molar-refractivity contribution is 0.0938. The first-order valence-corrected chi connectivity index (χ1v) is 7.70. The normalized spacial score (nSPS) is 16.4. The third-order valence-corrected chi connectivity index (χ3v) is 4.38. The Morgan fingerprint density at radius 1 is 1.09 bits per heavy atom. The molecule has 0 radical (unpaired) electrons. The second kappa shape index (κ2) is 4.96. The smallest absolute Gasteiger partial charge is 0.288 e. The molecule has 23 heavy (non-hydrogen) atoms. The van der Waals surface area contributed by atoms with Gasteiger partial charge in [0.1, 0.15) is 11.3 Å². The number of fused-ring (bicyclic) bond motifs is 2. The van der Waals surface area contributed by atoms with Crippen molar-refractivity contribution in [1.29, 1.82) is 0 Å². The van der Waals surface area contributed by atoms with Crippen molar-refractivity contribution in [2.75, 3.05) is 0 Å². The van der Waals surface area contributed by atoms with E-state index >= 15 is 0 Å². The van der Waals surface area contributed by atoms with Crippen LogP contribution >= 0.6 is 15.9 Å². The minimum Gasteiger partial charge on any atom is -0.508 e. The molecule has 3 aromatic rings. The predicted octanol–water partition coefficient (Wildman–Crippen LogP) is 3.09. The van der Waals surface area contributed by atoms with Gasteiger partial charge in [0.2, 0.25) is 5.76 Å². The highest BCUT2D eigenvalue weighted by Crippen LogP contribution is 2.32. The molecule has 1 aromatic heterocycles. The van der Waals surface area contributed by atoms with E-state index in [-0.39, 0.29) is 16.9 Å². The summed E-state index contributed by atoms with van der Waals surface area (Å²) in [5.74, 6) is -0.254. The molecule has 5 nitrogen and oxygen atoms in total. The molecule has 1 aliphatic rings. The van der Waals surface area contributed by atoms with Crippen LogP contribution < -0.4 is 10.7 Å². The van der Waals surface area contributed by atoms with Gasteiger partial charge in [0.05, 0.1) is 17.0 Å². The Bertz CT molecular complexity index is 1010. The number of nitrogens with one attached hydrogen (secondary N) is 1. The molecule has 114 valence electrons. The average molecular weight is 372 g/mol. The second-order valence-corrected chi connectivity index (χ2v) is 6.23. The number of hydrogen-bond donors (Lipinski definition) is 2. The monoisotopic (exact) mass is 371 g/mol. The number of halogens is 1. The predicted molar refractivity (Wildman–Crippen MR) is 87.6 cm³/mol. The van der Waals surface area contributed by atoms with Crippen molar-refractivity contribution in [3.8, 4) is 5.75 Å². The Labute approximate surface area is 138 Å². The van der Waals surface area contributed by atoms with Gasteiger partial charge in [-0.15, -0.1) is 0 Å². The summed E-state index contributed by atoms with van der Waals surface area (Å²) in [6, 6.07) is 10.9. The Morgan fingerprint density at radius 2 is 1.83 bits per heavy atom. The maximum Gasteiger partial charge on any atom is 0.288 e. The molecule has 0 spiro atoms. The van der Waals surface area contributed by atoms with Crippen LogP contribution in [0.2, 0.25) is 0 Å². The van der Waals surface area contributed by atoms with Gasteiger partial charge >= 0.3 is 0 Å². The number of benzene rings is 2. The second-order valence-electron chi connectivity index (χ2n) is 5.31. The first-order valence-electron chi connectivity index (χ1n) is 6.90. The average Bonchev–Trinajstić information content (AvgIpc) is 2.86. The molecule has 2 heterocycles. The van der Waals surface area contributed by atoms with Gasteiger partial charge in [-0.1, -0.05) is 28.1 Å². The van der Waals surface area contributed by atoms with Crippen molar-refractivity contribution in [3.63, 3.8) is 0 Å². The fourth-order valence-electron chi connectivity index (χ4n) is 2.80. The number of aromatic hydroxyl groups is 1. The van der Waals surface area contributed by atoms with E-state index in [1.807, 2.05) is 0 Å². The Balaban J connectivity index is 1.99. The first-order chi connectivity index (χ1) is 11.0. The zero-order valence-electron chi connectivity index (χ0n) is 11.7. The van der Waals surface area contributed by atoms with E-state index in [0.29, 0.717) is 22.1 Å². The summed E-state index contributed by atoms with van der Waals surface area (Å²) in [4.78, 5) is 25.0. The highest BCUT2D eigenvalue weighted by molar-refractivity contribution is 9.10. The van der Waals surface area contributed by atoms with Crippen LogP contribution in [0.25, 0.3) is 11.0 Å². The summed E-state index contributed by atoms with van der Waals surface area (Å²) in [5.41, 5.74) is 1.14. The SMILES string of the molecule is O=C1N[C@H](c2ccc(O)cc2)c2c1oc1ccc(Br)cc1c2=O. The molecule has 0 saturated carbocycles. The van der Waals surface area contributed by atoms with E-state index in [0.717, 1.165) is 4.47 Å². The lowest BCUT2D eigenvalue weighted by Gasteiger charge is -2.11. The van der Waals surface area contributed by atoms with Gasteiger partial charge in [-0.25, -0.2) is 0 Å². The van der Waals surface area contributed by atoms with Crippen molar-refractivity contribution >= 4 is 32.8 Å². The molecule has 0 bridgehead atoms. The quantitative estimate of drug-likeness (QED) is 0.688. The summed E-state index contributed by atoms with van der Waals surface area (Å²) in [6.45, 7) is 0. The van der Waals surface area contributed by atoms with Gasteiger partial charge in [-0.3, -0.25) is 9.59 Å². The van der Waals surface area contributed by atoms with E-state index < -0.39 is 11.9 Å². The van der Waals surface area contributed by atoms with Crippen LogP contribution in [0.4, 0.5) is 0 Å². The van der Waals surface area contributed by atoms with E-state index in [9.17, 15) is 14.7 Å². The topological polar surface area (TPSA) is 79.5 Å². The fraction of sp³-hybridized carbons (Fsp3) is 0.0588. The van der Waals surface area contributed by atoms with Crippen LogP contribution in [0.5, 0.6) is 5.75 Å². The molecule has 0 saturated heterocycles. The molecule has 0 unspecified atom stereocenters. The number of rotatable bonds is 1. The number of phenolic OH excluding ortho intramolecular Hbond substituents is 1. The zero-order valence-corrected chi connectivity index (χ0v) is 13.3. The van der Waals surface area contributed by atoms with Crippen LogP contribution in [0.3, 0.4) is 0 Å². The number of amides is 1. The largest absolute Gasteiger partial charge is 0.508 e. The summed E-state index contributed by atoms with van der Waals surface area (Å²) in [5, 5.41) is 12.6. The van der Waals surface area contributed by atoms with Crippen LogP contribution in [-0.4, -0.2) is 11.0 Å². The zero-order chi connectivity index (χ0) is 16.1. The molecular weight excluding hydrogens is 362 g/mol. The van der Waals surface area contributed by atoms with Gasteiger partial charge in [-0.05, 0) is 35.9 Å². The summed E-state index contributed by atoms with van der Waals surface area (Å²) in [7, 11) is 0. The van der Waals surface area contributed by atoms with Gasteiger partial charge in [0.25, 0.3) is 5.91 Å². The third-order valence-electron chi connectivity index (χ3n) is 3.88. The van der Waals surface area contributed by atoms with Crippen LogP contribution in [0, 0.1) is 0 Å². The lowest BCUT2D eigenvalue weighted by Crippen LogP contribution is -2.21. The van der Waals surface area contributed by atoms with Gasteiger partial charge in [0, 0.05) is 4.47 Å². The van der Waals surface area contributed by atoms with Crippen molar-refractivity contribution < 1.29 is 14.3 Å². The first kappa shape index (κ1) is 14.0.